The molecule has 3 aromatic rings. The predicted octanol–water partition coefficient (Wildman–Crippen LogP) is 5.76. The van der Waals surface area contributed by atoms with Crippen molar-refractivity contribution in [3.8, 4) is 11.5 Å². The Bertz CT molecular complexity index is 982. The minimum absolute atomic E-state index is 0.167. The lowest BCUT2D eigenvalue weighted by molar-refractivity contribution is 0.306. The van der Waals surface area contributed by atoms with Gasteiger partial charge in [0.2, 0.25) is 8.32 Å². The summed E-state index contributed by atoms with van der Waals surface area (Å²) in [5, 5.41) is 1.04. The van der Waals surface area contributed by atoms with Crippen LogP contribution in [0.3, 0.4) is 0 Å². The zero-order valence-electron chi connectivity index (χ0n) is 16.5. The Hall–Kier alpha value is -2.53. The fourth-order valence-corrected chi connectivity index (χ4v) is 3.43. The second-order valence-electron chi connectivity index (χ2n) is 8.25. The van der Waals surface area contributed by atoms with Crippen LogP contribution in [0.5, 0.6) is 11.5 Å². The van der Waals surface area contributed by atoms with E-state index in [0.717, 1.165) is 16.7 Å². The van der Waals surface area contributed by atoms with Gasteiger partial charge in [-0.2, -0.15) is 0 Å². The summed E-state index contributed by atoms with van der Waals surface area (Å²) in [7, 11) is -1.83. The molecule has 0 amide bonds. The van der Waals surface area contributed by atoms with E-state index >= 15 is 0 Å². The highest BCUT2D eigenvalue weighted by Crippen LogP contribution is 2.37. The van der Waals surface area contributed by atoms with Gasteiger partial charge in [0, 0.05) is 17.5 Å². The molecule has 0 N–H and O–H groups in total. The van der Waals surface area contributed by atoms with Crippen LogP contribution in [-0.2, 0) is 6.61 Å². The van der Waals surface area contributed by atoms with Gasteiger partial charge in [-0.3, -0.25) is 0 Å². The number of hydrogen-bond donors (Lipinski definition) is 0. The molecule has 0 unspecified atom stereocenters. The van der Waals surface area contributed by atoms with Crippen molar-refractivity contribution in [3.63, 3.8) is 0 Å². The molecule has 0 aliphatic rings. The van der Waals surface area contributed by atoms with Crippen LogP contribution in [0, 0.1) is 0 Å². The SMILES string of the molecule is CC(C)(C)[Si](C)(C)Oc1ccc(COc2ccc3ccc(=O)oc3c2)cc1. The molecule has 2 aromatic carbocycles. The number of fused-ring (bicyclic) bond motifs is 1. The number of ether oxygens (including phenoxy) is 1. The largest absolute Gasteiger partial charge is 0.544 e. The maximum absolute atomic E-state index is 11.4. The molecule has 4 nitrogen and oxygen atoms in total. The lowest BCUT2D eigenvalue weighted by Gasteiger charge is -2.36. The highest BCUT2D eigenvalue weighted by Gasteiger charge is 2.38. The first-order valence-corrected chi connectivity index (χ1v) is 12.0. The minimum atomic E-state index is -1.83. The minimum Gasteiger partial charge on any atom is -0.544 e. The Balaban J connectivity index is 1.66. The van der Waals surface area contributed by atoms with Crippen LogP contribution in [0.2, 0.25) is 18.1 Å². The third kappa shape index (κ3) is 4.60. The van der Waals surface area contributed by atoms with E-state index in [2.05, 4.69) is 33.9 Å². The van der Waals surface area contributed by atoms with Gasteiger partial charge >= 0.3 is 5.63 Å². The van der Waals surface area contributed by atoms with Gasteiger partial charge in [0.05, 0.1) is 0 Å². The predicted molar refractivity (Wildman–Crippen MR) is 111 cm³/mol. The summed E-state index contributed by atoms with van der Waals surface area (Å²) >= 11 is 0. The van der Waals surface area contributed by atoms with Crippen LogP contribution in [0.25, 0.3) is 11.0 Å². The second kappa shape index (κ2) is 7.23. The van der Waals surface area contributed by atoms with E-state index in [1.54, 1.807) is 12.1 Å². The summed E-state index contributed by atoms with van der Waals surface area (Å²) in [6, 6.07) is 16.7. The lowest BCUT2D eigenvalue weighted by atomic mass is 10.2. The zero-order chi connectivity index (χ0) is 19.7. The fourth-order valence-electron chi connectivity index (χ4n) is 2.40. The van der Waals surface area contributed by atoms with E-state index in [0.29, 0.717) is 17.9 Å². The summed E-state index contributed by atoms with van der Waals surface area (Å²) in [6.07, 6.45) is 0. The van der Waals surface area contributed by atoms with Gasteiger partial charge in [-0.1, -0.05) is 32.9 Å². The molecule has 0 aliphatic heterocycles. The molecule has 27 heavy (non-hydrogen) atoms. The van der Waals surface area contributed by atoms with Crippen LogP contribution >= 0.6 is 0 Å². The van der Waals surface area contributed by atoms with Crippen molar-refractivity contribution in [3.05, 3.63) is 70.6 Å². The summed E-state index contributed by atoms with van der Waals surface area (Å²) < 4.78 is 17.3. The Kier molecular flexibility index (Phi) is 5.15. The molecule has 0 spiro atoms. The van der Waals surface area contributed by atoms with E-state index in [1.165, 1.54) is 6.07 Å². The van der Waals surface area contributed by atoms with Crippen LogP contribution in [0.4, 0.5) is 0 Å². The number of rotatable bonds is 5. The Morgan fingerprint density at radius 1 is 0.926 bits per heavy atom. The van der Waals surface area contributed by atoms with Gasteiger partial charge < -0.3 is 13.6 Å². The average Bonchev–Trinajstić information content (AvgIpc) is 2.59. The maximum Gasteiger partial charge on any atom is 0.336 e. The van der Waals surface area contributed by atoms with E-state index in [1.807, 2.05) is 36.4 Å². The maximum atomic E-state index is 11.4. The van der Waals surface area contributed by atoms with Gasteiger partial charge in [0.25, 0.3) is 0 Å². The summed E-state index contributed by atoms with van der Waals surface area (Å²) in [5.74, 6) is 1.57. The first-order chi connectivity index (χ1) is 12.6. The summed E-state index contributed by atoms with van der Waals surface area (Å²) in [4.78, 5) is 11.4. The third-order valence-electron chi connectivity index (χ3n) is 5.10. The van der Waals surface area contributed by atoms with E-state index in [9.17, 15) is 4.79 Å². The van der Waals surface area contributed by atoms with Crippen molar-refractivity contribution in [2.45, 2.75) is 45.5 Å². The highest BCUT2D eigenvalue weighted by atomic mass is 28.4. The van der Waals surface area contributed by atoms with Crippen molar-refractivity contribution >= 4 is 19.3 Å². The van der Waals surface area contributed by atoms with Gasteiger partial charge in [-0.25, -0.2) is 4.79 Å². The smallest absolute Gasteiger partial charge is 0.336 e. The molecule has 0 fully saturated rings. The molecule has 1 aromatic heterocycles. The molecule has 0 saturated carbocycles. The summed E-state index contributed by atoms with van der Waals surface area (Å²) in [5.41, 5.74) is 1.21. The van der Waals surface area contributed by atoms with Gasteiger partial charge in [-0.05, 0) is 54.0 Å². The Labute approximate surface area is 160 Å². The van der Waals surface area contributed by atoms with E-state index in [-0.39, 0.29) is 10.7 Å². The Morgan fingerprint density at radius 2 is 1.56 bits per heavy atom. The molecule has 1 heterocycles. The summed E-state index contributed by atoms with van der Waals surface area (Å²) in [6.45, 7) is 11.6. The normalized spacial score (nSPS) is 12.2. The van der Waals surface area contributed by atoms with Crippen molar-refractivity contribution in [2.75, 3.05) is 0 Å². The molecule has 0 bridgehead atoms. The third-order valence-corrected chi connectivity index (χ3v) is 9.46. The molecule has 3 rings (SSSR count). The van der Waals surface area contributed by atoms with E-state index in [4.69, 9.17) is 13.6 Å². The van der Waals surface area contributed by atoms with Gasteiger partial charge in [-0.15, -0.1) is 0 Å². The molecule has 0 radical (unpaired) electrons. The molecule has 5 heteroatoms. The highest BCUT2D eigenvalue weighted by molar-refractivity contribution is 6.74. The van der Waals surface area contributed by atoms with Crippen molar-refractivity contribution in [2.24, 2.45) is 0 Å². The van der Waals surface area contributed by atoms with Gasteiger partial charge in [0.1, 0.15) is 23.7 Å². The molecular weight excluding hydrogens is 356 g/mol. The Morgan fingerprint density at radius 3 is 2.22 bits per heavy atom. The molecule has 0 aliphatic carbocycles. The fraction of sp³-hybridized carbons (Fsp3) is 0.318. The molecular formula is C22H26O4Si. The molecule has 0 saturated heterocycles. The first kappa shape index (κ1) is 19.2. The van der Waals surface area contributed by atoms with Crippen molar-refractivity contribution < 1.29 is 13.6 Å². The monoisotopic (exact) mass is 382 g/mol. The number of hydrogen-bond acceptors (Lipinski definition) is 4. The first-order valence-electron chi connectivity index (χ1n) is 9.09. The van der Waals surface area contributed by atoms with Crippen LogP contribution in [0.1, 0.15) is 26.3 Å². The zero-order valence-corrected chi connectivity index (χ0v) is 17.5. The quantitative estimate of drug-likeness (QED) is 0.416. The standard InChI is InChI=1S/C22H26O4Si/c1-22(2,3)27(4,5)26-18-10-6-16(7-11-18)15-24-19-12-8-17-9-13-21(23)25-20(17)14-19/h6-14H,15H2,1-5H3. The van der Waals surface area contributed by atoms with Crippen LogP contribution < -0.4 is 14.8 Å². The number of benzene rings is 2. The average molecular weight is 383 g/mol. The molecule has 0 atom stereocenters. The van der Waals surface area contributed by atoms with Crippen molar-refractivity contribution in [1.29, 1.82) is 0 Å². The van der Waals surface area contributed by atoms with Crippen LogP contribution in [-0.4, -0.2) is 8.32 Å². The second-order valence-corrected chi connectivity index (χ2v) is 13.0. The van der Waals surface area contributed by atoms with Crippen molar-refractivity contribution in [1.82, 2.24) is 0 Å². The molecule has 142 valence electrons. The van der Waals surface area contributed by atoms with Gasteiger partial charge in [0.15, 0.2) is 0 Å². The lowest BCUT2D eigenvalue weighted by Crippen LogP contribution is -2.43. The van der Waals surface area contributed by atoms with Crippen LogP contribution in [0.15, 0.2) is 63.8 Å². The van der Waals surface area contributed by atoms with E-state index < -0.39 is 8.32 Å². The topological polar surface area (TPSA) is 48.7 Å².